The molecule has 0 aliphatic heterocycles. The summed E-state index contributed by atoms with van der Waals surface area (Å²) in [6.45, 7) is 0.581. The van der Waals surface area contributed by atoms with Crippen LogP contribution in [-0.2, 0) is 0 Å². The maximum Gasteiger partial charge on any atom is 0.344 e. The van der Waals surface area contributed by atoms with Gasteiger partial charge < -0.3 is 4.74 Å². The Morgan fingerprint density at radius 3 is 2.85 bits per heavy atom. The predicted molar refractivity (Wildman–Crippen MR) is 81.5 cm³/mol. The van der Waals surface area contributed by atoms with Crippen LogP contribution in [0.15, 0.2) is 38.7 Å². The Labute approximate surface area is 128 Å². The topological polar surface area (TPSA) is 59.9 Å². The summed E-state index contributed by atoms with van der Waals surface area (Å²) >= 11 is 4.93. The maximum absolute atomic E-state index is 11.6. The van der Waals surface area contributed by atoms with Crippen molar-refractivity contribution in [2.24, 2.45) is 0 Å². The number of thioether (sulfide) groups is 1. The molecule has 1 saturated carbocycles. The molecule has 0 amide bonds. The van der Waals surface area contributed by atoms with Crippen LogP contribution in [0, 0.1) is 0 Å². The largest absolute Gasteiger partial charge is 0.493 e. The molecule has 106 valence electrons. The zero-order chi connectivity index (χ0) is 13.9. The maximum atomic E-state index is 11.6. The van der Waals surface area contributed by atoms with Crippen molar-refractivity contribution in [3.63, 3.8) is 0 Å². The first-order valence-electron chi connectivity index (χ1n) is 6.42. The van der Waals surface area contributed by atoms with Crippen molar-refractivity contribution in [3.8, 4) is 5.75 Å². The molecule has 0 atom stereocenters. The molecule has 0 saturated heterocycles. The molecule has 0 radical (unpaired) electrons. The van der Waals surface area contributed by atoms with Gasteiger partial charge in [-0.25, -0.2) is 9.89 Å². The van der Waals surface area contributed by atoms with Gasteiger partial charge in [0.25, 0.3) is 0 Å². The Morgan fingerprint density at radius 1 is 1.40 bits per heavy atom. The highest BCUT2D eigenvalue weighted by Gasteiger charge is 2.28. The summed E-state index contributed by atoms with van der Waals surface area (Å²) in [7, 11) is 0. The van der Waals surface area contributed by atoms with E-state index < -0.39 is 0 Å². The minimum absolute atomic E-state index is 0.108. The first kappa shape index (κ1) is 13.8. The minimum Gasteiger partial charge on any atom is -0.493 e. The van der Waals surface area contributed by atoms with Gasteiger partial charge >= 0.3 is 5.69 Å². The second-order valence-corrected chi connectivity index (χ2v) is 6.54. The van der Waals surface area contributed by atoms with Gasteiger partial charge in [0.15, 0.2) is 5.16 Å². The van der Waals surface area contributed by atoms with Crippen LogP contribution in [0.4, 0.5) is 0 Å². The van der Waals surface area contributed by atoms with E-state index in [4.69, 9.17) is 4.74 Å². The molecule has 1 heterocycles. The monoisotopic (exact) mass is 355 g/mol. The molecule has 0 spiro atoms. The molecule has 2 aromatic rings. The molecule has 1 N–H and O–H groups in total. The van der Waals surface area contributed by atoms with Gasteiger partial charge in [-0.3, -0.25) is 4.57 Å². The van der Waals surface area contributed by atoms with E-state index in [0.717, 1.165) is 34.0 Å². The third kappa shape index (κ3) is 3.27. The molecular weight excluding hydrogens is 342 g/mol. The van der Waals surface area contributed by atoms with Gasteiger partial charge in [0, 0.05) is 16.3 Å². The van der Waals surface area contributed by atoms with Crippen molar-refractivity contribution in [2.75, 3.05) is 12.4 Å². The number of nitrogens with zero attached hydrogens (tertiary/aromatic N) is 2. The van der Waals surface area contributed by atoms with Gasteiger partial charge in [-0.2, -0.15) is 0 Å². The van der Waals surface area contributed by atoms with Crippen molar-refractivity contribution in [1.82, 2.24) is 14.8 Å². The van der Waals surface area contributed by atoms with Crippen LogP contribution in [0.3, 0.4) is 0 Å². The molecule has 7 heteroatoms. The third-order valence-corrected chi connectivity index (χ3v) is 4.43. The van der Waals surface area contributed by atoms with Crippen LogP contribution >= 0.6 is 27.7 Å². The lowest BCUT2D eigenvalue weighted by Crippen LogP contribution is -2.16. The summed E-state index contributed by atoms with van der Waals surface area (Å²) < 4.78 is 8.42. The second kappa shape index (κ2) is 6.05. The molecule has 5 nitrogen and oxygen atoms in total. The molecule has 0 unspecified atom stereocenters. The van der Waals surface area contributed by atoms with Crippen molar-refractivity contribution < 1.29 is 4.74 Å². The van der Waals surface area contributed by atoms with E-state index in [1.54, 1.807) is 16.3 Å². The second-order valence-electron chi connectivity index (χ2n) is 4.56. The SMILES string of the molecule is O=c1[nH]nc(SCCOc2ccc(Br)cc2)n1C1CC1. The number of halogens is 1. The van der Waals surface area contributed by atoms with E-state index >= 15 is 0 Å². The van der Waals surface area contributed by atoms with Crippen LogP contribution in [0.2, 0.25) is 0 Å². The van der Waals surface area contributed by atoms with Crippen LogP contribution in [0.1, 0.15) is 18.9 Å². The molecule has 1 aliphatic rings. The smallest absolute Gasteiger partial charge is 0.344 e. The van der Waals surface area contributed by atoms with E-state index in [-0.39, 0.29) is 5.69 Å². The summed E-state index contributed by atoms with van der Waals surface area (Å²) in [6.07, 6.45) is 2.14. The fraction of sp³-hybridized carbons (Fsp3) is 0.385. The van der Waals surface area contributed by atoms with Crippen molar-refractivity contribution in [2.45, 2.75) is 24.0 Å². The summed E-state index contributed by atoms with van der Waals surface area (Å²) in [6, 6.07) is 8.07. The number of benzene rings is 1. The highest BCUT2D eigenvalue weighted by atomic mass is 79.9. The Kier molecular flexibility index (Phi) is 4.16. The third-order valence-electron chi connectivity index (χ3n) is 2.98. The molecule has 1 aliphatic carbocycles. The summed E-state index contributed by atoms with van der Waals surface area (Å²) in [4.78, 5) is 11.6. The molecule has 3 rings (SSSR count). The highest BCUT2D eigenvalue weighted by molar-refractivity contribution is 9.10. The fourth-order valence-electron chi connectivity index (χ4n) is 1.87. The first-order chi connectivity index (χ1) is 9.74. The number of ether oxygens (including phenoxy) is 1. The Balaban J connectivity index is 1.50. The van der Waals surface area contributed by atoms with Crippen LogP contribution in [0.25, 0.3) is 0 Å². The lowest BCUT2D eigenvalue weighted by atomic mass is 10.3. The number of nitrogens with one attached hydrogen (secondary N) is 1. The zero-order valence-corrected chi connectivity index (χ0v) is 13.1. The molecule has 1 aromatic heterocycles. The van der Waals surface area contributed by atoms with Crippen LogP contribution < -0.4 is 10.4 Å². The Bertz CT molecular complexity index is 634. The predicted octanol–water partition coefficient (Wildman–Crippen LogP) is 2.84. The lowest BCUT2D eigenvalue weighted by Gasteiger charge is -2.06. The average molecular weight is 356 g/mol. The standard InChI is InChI=1S/C13H14BrN3O2S/c14-9-1-5-11(6-2-9)19-7-8-20-13-16-15-12(18)17(13)10-3-4-10/h1-2,5-6,10H,3-4,7-8H2,(H,15,18). The Morgan fingerprint density at radius 2 is 2.15 bits per heavy atom. The van der Waals surface area contributed by atoms with Crippen LogP contribution in [-0.4, -0.2) is 27.1 Å². The highest BCUT2D eigenvalue weighted by Crippen LogP contribution is 2.35. The normalized spacial score (nSPS) is 14.4. The average Bonchev–Trinajstić information content (AvgIpc) is 3.21. The number of hydrogen-bond acceptors (Lipinski definition) is 4. The fourth-order valence-corrected chi connectivity index (χ4v) is 2.96. The Hall–Kier alpha value is -1.21. The van der Waals surface area contributed by atoms with Gasteiger partial charge in [0.1, 0.15) is 5.75 Å². The molecule has 20 heavy (non-hydrogen) atoms. The van der Waals surface area contributed by atoms with E-state index in [1.165, 1.54) is 0 Å². The van der Waals surface area contributed by atoms with Crippen molar-refractivity contribution in [1.29, 1.82) is 0 Å². The van der Waals surface area contributed by atoms with E-state index in [2.05, 4.69) is 26.1 Å². The molecule has 1 fully saturated rings. The number of hydrogen-bond donors (Lipinski definition) is 1. The lowest BCUT2D eigenvalue weighted by molar-refractivity contribution is 0.343. The summed E-state index contributed by atoms with van der Waals surface area (Å²) in [5.41, 5.74) is -0.108. The zero-order valence-electron chi connectivity index (χ0n) is 10.7. The van der Waals surface area contributed by atoms with Gasteiger partial charge in [-0.05, 0) is 37.1 Å². The molecule has 0 bridgehead atoms. The van der Waals surface area contributed by atoms with Crippen molar-refractivity contribution in [3.05, 3.63) is 39.2 Å². The van der Waals surface area contributed by atoms with Gasteiger partial charge in [-0.1, -0.05) is 27.7 Å². The van der Waals surface area contributed by atoms with Crippen LogP contribution in [0.5, 0.6) is 5.75 Å². The van der Waals surface area contributed by atoms with Crippen molar-refractivity contribution >= 4 is 27.7 Å². The number of H-pyrrole nitrogens is 1. The van der Waals surface area contributed by atoms with E-state index in [1.807, 2.05) is 24.3 Å². The number of rotatable bonds is 6. The van der Waals surface area contributed by atoms with E-state index in [0.29, 0.717) is 12.6 Å². The quantitative estimate of drug-likeness (QED) is 0.639. The van der Waals surface area contributed by atoms with Gasteiger partial charge in [0.2, 0.25) is 0 Å². The minimum atomic E-state index is -0.108. The van der Waals surface area contributed by atoms with Gasteiger partial charge in [0.05, 0.1) is 6.61 Å². The van der Waals surface area contributed by atoms with Gasteiger partial charge in [-0.15, -0.1) is 5.10 Å². The summed E-state index contributed by atoms with van der Waals surface area (Å²) in [5.74, 6) is 1.60. The molecule has 1 aromatic carbocycles. The van der Waals surface area contributed by atoms with E-state index in [9.17, 15) is 4.79 Å². The number of aromatic amines is 1. The summed E-state index contributed by atoms with van der Waals surface area (Å²) in [5, 5.41) is 7.33. The first-order valence-corrected chi connectivity index (χ1v) is 8.20. The molecular formula is C13H14BrN3O2S. The number of aromatic nitrogens is 3.